The minimum absolute atomic E-state index is 0.166. The SMILES string of the molecule is CN(CC(=O)N1CCC[C@@H](Oc2ncc(Br)cn2)C1)S(C)(=O)=O. The topological polar surface area (TPSA) is 92.7 Å². The first-order valence-corrected chi connectivity index (χ1v) is 9.73. The number of hydrogen-bond donors (Lipinski definition) is 0. The van der Waals surface area contributed by atoms with Crippen LogP contribution in [0.15, 0.2) is 16.9 Å². The predicted molar refractivity (Wildman–Crippen MR) is 87.4 cm³/mol. The molecule has 0 spiro atoms. The van der Waals surface area contributed by atoms with Crippen LogP contribution in [0.4, 0.5) is 0 Å². The lowest BCUT2D eigenvalue weighted by Crippen LogP contribution is -2.48. The maximum atomic E-state index is 12.2. The first-order chi connectivity index (χ1) is 10.8. The number of sulfonamides is 1. The van der Waals surface area contributed by atoms with Crippen molar-refractivity contribution < 1.29 is 17.9 Å². The molecule has 8 nitrogen and oxygen atoms in total. The molecule has 2 heterocycles. The molecule has 1 aliphatic rings. The van der Waals surface area contributed by atoms with Crippen molar-refractivity contribution in [3.8, 4) is 6.01 Å². The number of halogens is 1. The maximum absolute atomic E-state index is 12.2. The number of ether oxygens (including phenoxy) is 1. The predicted octanol–water partition coefficient (Wildman–Crippen LogP) is 0.500. The molecule has 1 aromatic heterocycles. The summed E-state index contributed by atoms with van der Waals surface area (Å²) < 4.78 is 30.3. The second-order valence-electron chi connectivity index (χ2n) is 5.42. The maximum Gasteiger partial charge on any atom is 0.316 e. The highest BCUT2D eigenvalue weighted by molar-refractivity contribution is 9.10. The van der Waals surface area contributed by atoms with E-state index in [9.17, 15) is 13.2 Å². The van der Waals surface area contributed by atoms with Gasteiger partial charge in [-0.05, 0) is 28.8 Å². The molecule has 2 rings (SSSR count). The van der Waals surface area contributed by atoms with E-state index in [4.69, 9.17) is 4.74 Å². The fourth-order valence-electron chi connectivity index (χ4n) is 2.18. The Balaban J connectivity index is 1.92. The Morgan fingerprint density at radius 3 is 2.74 bits per heavy atom. The molecular formula is C13H19BrN4O4S. The van der Waals surface area contributed by atoms with Crippen LogP contribution in [-0.2, 0) is 14.8 Å². The second-order valence-corrected chi connectivity index (χ2v) is 8.43. The van der Waals surface area contributed by atoms with E-state index in [-0.39, 0.29) is 24.6 Å². The number of likely N-dealkylation sites (N-methyl/N-ethyl adjacent to an activating group) is 1. The van der Waals surface area contributed by atoms with Crippen molar-refractivity contribution in [2.75, 3.05) is 32.9 Å². The van der Waals surface area contributed by atoms with E-state index >= 15 is 0 Å². The summed E-state index contributed by atoms with van der Waals surface area (Å²) in [6.07, 6.45) is 5.65. The summed E-state index contributed by atoms with van der Waals surface area (Å²) in [6.45, 7) is 0.827. The van der Waals surface area contributed by atoms with E-state index in [1.54, 1.807) is 17.3 Å². The largest absolute Gasteiger partial charge is 0.458 e. The minimum Gasteiger partial charge on any atom is -0.458 e. The highest BCUT2D eigenvalue weighted by atomic mass is 79.9. The lowest BCUT2D eigenvalue weighted by atomic mass is 10.1. The van der Waals surface area contributed by atoms with E-state index in [1.165, 1.54) is 7.05 Å². The summed E-state index contributed by atoms with van der Waals surface area (Å²) >= 11 is 3.25. The molecule has 128 valence electrons. The van der Waals surface area contributed by atoms with Crippen molar-refractivity contribution in [1.82, 2.24) is 19.2 Å². The molecule has 0 saturated carbocycles. The monoisotopic (exact) mass is 406 g/mol. The van der Waals surface area contributed by atoms with Crippen molar-refractivity contribution in [2.24, 2.45) is 0 Å². The zero-order chi connectivity index (χ0) is 17.0. The normalized spacial score (nSPS) is 19.0. The van der Waals surface area contributed by atoms with Crippen LogP contribution in [0.1, 0.15) is 12.8 Å². The van der Waals surface area contributed by atoms with E-state index in [0.717, 1.165) is 27.9 Å². The first kappa shape index (κ1) is 18.1. The van der Waals surface area contributed by atoms with Gasteiger partial charge in [-0.1, -0.05) is 0 Å². The molecule has 0 aromatic carbocycles. The molecule has 0 aliphatic carbocycles. The minimum atomic E-state index is -3.37. The van der Waals surface area contributed by atoms with Gasteiger partial charge in [-0.2, -0.15) is 4.31 Å². The Kier molecular flexibility index (Phi) is 5.93. The smallest absolute Gasteiger partial charge is 0.316 e. The van der Waals surface area contributed by atoms with E-state index in [2.05, 4.69) is 25.9 Å². The van der Waals surface area contributed by atoms with Crippen molar-refractivity contribution in [3.05, 3.63) is 16.9 Å². The summed E-state index contributed by atoms with van der Waals surface area (Å²) in [5.41, 5.74) is 0. The molecule has 23 heavy (non-hydrogen) atoms. The van der Waals surface area contributed by atoms with Gasteiger partial charge in [0.15, 0.2) is 0 Å². The first-order valence-electron chi connectivity index (χ1n) is 7.09. The standard InChI is InChI=1S/C13H19BrN4O4S/c1-17(23(2,20)21)9-12(19)18-5-3-4-11(8-18)22-13-15-6-10(14)7-16-13/h6-7,11H,3-5,8-9H2,1-2H3/t11-/m1/s1. The number of rotatable bonds is 5. The van der Waals surface area contributed by atoms with Gasteiger partial charge in [0, 0.05) is 26.0 Å². The van der Waals surface area contributed by atoms with Crippen LogP contribution in [0.25, 0.3) is 0 Å². The number of nitrogens with zero attached hydrogens (tertiary/aromatic N) is 4. The highest BCUT2D eigenvalue weighted by Crippen LogP contribution is 2.16. The average Bonchev–Trinajstić information content (AvgIpc) is 2.49. The summed E-state index contributed by atoms with van der Waals surface area (Å²) in [7, 11) is -1.98. The molecule has 1 aromatic rings. The number of carbonyl (C=O) groups excluding carboxylic acids is 1. The van der Waals surface area contributed by atoms with Gasteiger partial charge in [-0.25, -0.2) is 18.4 Å². The lowest BCUT2D eigenvalue weighted by Gasteiger charge is -2.33. The molecule has 1 saturated heterocycles. The van der Waals surface area contributed by atoms with Crippen molar-refractivity contribution in [1.29, 1.82) is 0 Å². The second kappa shape index (κ2) is 7.54. The van der Waals surface area contributed by atoms with Crippen LogP contribution in [-0.4, -0.2) is 72.5 Å². The zero-order valence-corrected chi connectivity index (χ0v) is 15.4. The van der Waals surface area contributed by atoms with Gasteiger partial charge in [0.05, 0.1) is 23.8 Å². The fourth-order valence-corrected chi connectivity index (χ4v) is 2.73. The van der Waals surface area contributed by atoms with Gasteiger partial charge in [0.2, 0.25) is 15.9 Å². The van der Waals surface area contributed by atoms with Crippen LogP contribution in [0.3, 0.4) is 0 Å². The summed E-state index contributed by atoms with van der Waals surface area (Å²) in [4.78, 5) is 21.9. The van der Waals surface area contributed by atoms with Crippen molar-refractivity contribution >= 4 is 31.9 Å². The van der Waals surface area contributed by atoms with Crippen molar-refractivity contribution in [2.45, 2.75) is 18.9 Å². The van der Waals surface area contributed by atoms with E-state index < -0.39 is 10.0 Å². The summed E-state index contributed by atoms with van der Waals surface area (Å²) in [5.74, 6) is -0.233. The number of carbonyl (C=O) groups is 1. The molecule has 1 atom stereocenters. The number of amides is 1. The fraction of sp³-hybridized carbons (Fsp3) is 0.615. The van der Waals surface area contributed by atoms with E-state index in [1.807, 2.05) is 0 Å². The average molecular weight is 407 g/mol. The molecule has 10 heteroatoms. The molecule has 0 unspecified atom stereocenters. The van der Waals surface area contributed by atoms with E-state index in [0.29, 0.717) is 13.1 Å². The van der Waals surface area contributed by atoms with Gasteiger partial charge in [-0.15, -0.1) is 0 Å². The van der Waals surface area contributed by atoms with Crippen LogP contribution in [0, 0.1) is 0 Å². The molecular weight excluding hydrogens is 388 g/mol. The number of piperidine rings is 1. The quantitative estimate of drug-likeness (QED) is 0.706. The molecule has 1 aliphatic heterocycles. The molecule has 0 N–H and O–H groups in total. The Morgan fingerprint density at radius 1 is 1.48 bits per heavy atom. The van der Waals surface area contributed by atoms with Crippen molar-refractivity contribution in [3.63, 3.8) is 0 Å². The zero-order valence-electron chi connectivity index (χ0n) is 13.0. The summed E-state index contributed by atoms with van der Waals surface area (Å²) in [5, 5.41) is 0. The van der Waals surface area contributed by atoms with Gasteiger partial charge < -0.3 is 9.64 Å². The van der Waals surface area contributed by atoms with Crippen LogP contribution in [0.2, 0.25) is 0 Å². The number of aromatic nitrogens is 2. The molecule has 0 bridgehead atoms. The number of hydrogen-bond acceptors (Lipinski definition) is 6. The van der Waals surface area contributed by atoms with Gasteiger partial charge in [-0.3, -0.25) is 4.79 Å². The summed E-state index contributed by atoms with van der Waals surface area (Å²) in [6, 6.07) is 0.265. The Labute approximate surface area is 144 Å². The Morgan fingerprint density at radius 2 is 2.13 bits per heavy atom. The lowest BCUT2D eigenvalue weighted by molar-refractivity contribution is -0.133. The van der Waals surface area contributed by atoms with Crippen LogP contribution in [0.5, 0.6) is 6.01 Å². The molecule has 1 fully saturated rings. The Bertz CT molecular complexity index is 652. The van der Waals surface area contributed by atoms with Gasteiger partial charge >= 0.3 is 6.01 Å². The van der Waals surface area contributed by atoms with Gasteiger partial charge in [0.25, 0.3) is 0 Å². The Hall–Kier alpha value is -1.26. The third-order valence-corrected chi connectivity index (χ3v) is 5.19. The third kappa shape index (κ3) is 5.40. The number of likely N-dealkylation sites (tertiary alicyclic amines) is 1. The molecule has 0 radical (unpaired) electrons. The van der Waals surface area contributed by atoms with Crippen LogP contribution >= 0.6 is 15.9 Å². The third-order valence-electron chi connectivity index (χ3n) is 3.52. The van der Waals surface area contributed by atoms with Crippen LogP contribution < -0.4 is 4.74 Å². The molecule has 1 amide bonds. The van der Waals surface area contributed by atoms with Gasteiger partial charge in [0.1, 0.15) is 6.10 Å². The highest BCUT2D eigenvalue weighted by Gasteiger charge is 2.27.